The zero-order chi connectivity index (χ0) is 17.1. The van der Waals surface area contributed by atoms with Crippen LogP contribution in [0.3, 0.4) is 0 Å². The molecule has 0 bridgehead atoms. The van der Waals surface area contributed by atoms with E-state index in [9.17, 15) is 13.9 Å². The first-order valence-electron chi connectivity index (χ1n) is 9.39. The van der Waals surface area contributed by atoms with Gasteiger partial charge in [-0.05, 0) is 80.2 Å². The van der Waals surface area contributed by atoms with Gasteiger partial charge in [0.15, 0.2) is 11.6 Å². The summed E-state index contributed by atoms with van der Waals surface area (Å²) >= 11 is 0. The minimum Gasteiger partial charge on any atom is -0.505 e. The number of allylic oxidation sites excluding steroid dienone is 1. The van der Waals surface area contributed by atoms with Gasteiger partial charge in [-0.1, -0.05) is 25.0 Å². The van der Waals surface area contributed by atoms with E-state index in [0.717, 1.165) is 37.5 Å². The number of hydrogen-bond acceptors (Lipinski definition) is 1. The van der Waals surface area contributed by atoms with Gasteiger partial charge < -0.3 is 5.11 Å². The van der Waals surface area contributed by atoms with E-state index in [-0.39, 0.29) is 5.92 Å². The molecule has 2 aliphatic rings. The van der Waals surface area contributed by atoms with Crippen molar-refractivity contribution >= 4 is 0 Å². The fraction of sp³-hybridized carbons (Fsp3) is 0.619. The predicted molar refractivity (Wildman–Crippen MR) is 93.0 cm³/mol. The molecule has 0 aliphatic heterocycles. The molecule has 2 saturated carbocycles. The lowest BCUT2D eigenvalue weighted by Gasteiger charge is -2.34. The summed E-state index contributed by atoms with van der Waals surface area (Å²) in [6.07, 6.45) is 12.6. The predicted octanol–water partition coefficient (Wildman–Crippen LogP) is 6.33. The van der Waals surface area contributed by atoms with Crippen molar-refractivity contribution in [3.05, 3.63) is 42.0 Å². The number of halogens is 2. The van der Waals surface area contributed by atoms with E-state index in [2.05, 4.69) is 12.7 Å². The summed E-state index contributed by atoms with van der Waals surface area (Å²) < 4.78 is 27.7. The fourth-order valence-electron chi connectivity index (χ4n) is 4.84. The molecule has 1 N–H and O–H groups in total. The van der Waals surface area contributed by atoms with Gasteiger partial charge >= 0.3 is 0 Å². The van der Waals surface area contributed by atoms with Crippen molar-refractivity contribution in [1.82, 2.24) is 0 Å². The molecule has 0 aromatic heterocycles. The van der Waals surface area contributed by atoms with Gasteiger partial charge in [-0.2, -0.15) is 4.39 Å². The molecule has 1 nitrogen and oxygen atoms in total. The molecule has 1 aromatic rings. The highest BCUT2D eigenvalue weighted by Gasteiger charge is 2.31. The molecule has 3 heteroatoms. The number of phenolic OH excluding ortho intramolecular Hbond substituents is 1. The number of benzene rings is 1. The molecule has 0 heterocycles. The van der Waals surface area contributed by atoms with E-state index in [0.29, 0.717) is 11.5 Å². The second-order valence-corrected chi connectivity index (χ2v) is 7.68. The summed E-state index contributed by atoms with van der Waals surface area (Å²) in [7, 11) is 0. The first-order chi connectivity index (χ1) is 11.6. The minimum absolute atomic E-state index is 0.0862. The topological polar surface area (TPSA) is 20.2 Å². The molecule has 0 amide bonds. The van der Waals surface area contributed by atoms with Gasteiger partial charge in [0.25, 0.3) is 0 Å². The Labute approximate surface area is 143 Å². The van der Waals surface area contributed by atoms with Crippen LogP contribution in [0, 0.1) is 29.4 Å². The Hall–Kier alpha value is -1.38. The van der Waals surface area contributed by atoms with Crippen LogP contribution in [0.1, 0.15) is 69.3 Å². The van der Waals surface area contributed by atoms with E-state index < -0.39 is 17.4 Å². The molecular formula is C21H28F2O. The number of aromatic hydroxyl groups is 1. The van der Waals surface area contributed by atoms with Crippen LogP contribution in [0.25, 0.3) is 0 Å². The summed E-state index contributed by atoms with van der Waals surface area (Å²) in [5.74, 6) is -0.272. The van der Waals surface area contributed by atoms with E-state index in [1.54, 1.807) is 6.07 Å². The summed E-state index contributed by atoms with van der Waals surface area (Å²) in [5.41, 5.74) is 0.441. The third-order valence-electron chi connectivity index (χ3n) is 6.36. The molecule has 132 valence electrons. The Morgan fingerprint density at radius 1 is 0.875 bits per heavy atom. The SMILES string of the molecule is C=CC1CCCC(C2CCC(c3ccc(O)c(F)c3F)CC2)CC1. The standard InChI is InChI=1S/C21H28F2O/c1-2-14-4-3-5-15(7-6-14)16-8-10-17(11-9-16)18-12-13-19(24)21(23)20(18)22/h2,12-17,24H,1,3-11H2. The summed E-state index contributed by atoms with van der Waals surface area (Å²) in [6.45, 7) is 3.94. The number of rotatable bonds is 3. The van der Waals surface area contributed by atoms with Crippen molar-refractivity contribution in [1.29, 1.82) is 0 Å². The van der Waals surface area contributed by atoms with Gasteiger partial charge in [0.05, 0.1) is 0 Å². The highest BCUT2D eigenvalue weighted by Crippen LogP contribution is 2.44. The lowest BCUT2D eigenvalue weighted by atomic mass is 9.72. The summed E-state index contributed by atoms with van der Waals surface area (Å²) in [4.78, 5) is 0. The second-order valence-electron chi connectivity index (χ2n) is 7.68. The van der Waals surface area contributed by atoms with Gasteiger partial charge in [0.1, 0.15) is 0 Å². The van der Waals surface area contributed by atoms with Crippen molar-refractivity contribution in [3.8, 4) is 5.75 Å². The molecule has 2 unspecified atom stereocenters. The highest BCUT2D eigenvalue weighted by molar-refractivity contribution is 5.32. The Balaban J connectivity index is 1.60. The van der Waals surface area contributed by atoms with E-state index in [4.69, 9.17) is 0 Å². The minimum atomic E-state index is -1.10. The molecule has 2 aliphatic carbocycles. The average molecular weight is 334 g/mol. The van der Waals surface area contributed by atoms with Crippen molar-refractivity contribution in [2.24, 2.45) is 17.8 Å². The molecule has 2 fully saturated rings. The lowest BCUT2D eigenvalue weighted by Crippen LogP contribution is -2.21. The molecule has 2 atom stereocenters. The molecule has 0 saturated heterocycles. The van der Waals surface area contributed by atoms with Crippen LogP contribution >= 0.6 is 0 Å². The van der Waals surface area contributed by atoms with Crippen LogP contribution in [-0.4, -0.2) is 5.11 Å². The first-order valence-corrected chi connectivity index (χ1v) is 9.39. The molecule has 1 aromatic carbocycles. The van der Waals surface area contributed by atoms with Crippen LogP contribution < -0.4 is 0 Å². The zero-order valence-electron chi connectivity index (χ0n) is 14.3. The smallest absolute Gasteiger partial charge is 0.200 e. The lowest BCUT2D eigenvalue weighted by molar-refractivity contribution is 0.210. The second kappa shape index (κ2) is 7.67. The van der Waals surface area contributed by atoms with Crippen LogP contribution in [0.4, 0.5) is 8.78 Å². The maximum absolute atomic E-state index is 14.1. The van der Waals surface area contributed by atoms with Gasteiger partial charge in [-0.25, -0.2) is 4.39 Å². The Kier molecular flexibility index (Phi) is 5.57. The van der Waals surface area contributed by atoms with Gasteiger partial charge in [-0.3, -0.25) is 0 Å². The summed E-state index contributed by atoms with van der Waals surface area (Å²) in [5, 5.41) is 9.28. The molecule has 24 heavy (non-hydrogen) atoms. The molecule has 3 rings (SSSR count). The van der Waals surface area contributed by atoms with Crippen molar-refractivity contribution < 1.29 is 13.9 Å². The number of phenols is 1. The molecule has 0 spiro atoms. The van der Waals surface area contributed by atoms with Crippen molar-refractivity contribution in [2.45, 2.75) is 63.7 Å². The number of hydrogen-bond donors (Lipinski definition) is 1. The average Bonchev–Trinajstić information content (AvgIpc) is 2.86. The van der Waals surface area contributed by atoms with Gasteiger partial charge in [0, 0.05) is 0 Å². The maximum atomic E-state index is 14.1. The van der Waals surface area contributed by atoms with Crippen LogP contribution in [0.5, 0.6) is 5.75 Å². The van der Waals surface area contributed by atoms with E-state index in [1.165, 1.54) is 38.2 Å². The van der Waals surface area contributed by atoms with Crippen LogP contribution in [-0.2, 0) is 0 Å². The molecular weight excluding hydrogens is 306 g/mol. The van der Waals surface area contributed by atoms with Crippen LogP contribution in [0.2, 0.25) is 0 Å². The van der Waals surface area contributed by atoms with E-state index >= 15 is 0 Å². The van der Waals surface area contributed by atoms with Gasteiger partial charge in [0.2, 0.25) is 5.82 Å². The van der Waals surface area contributed by atoms with Crippen LogP contribution in [0.15, 0.2) is 24.8 Å². The summed E-state index contributed by atoms with van der Waals surface area (Å²) in [6, 6.07) is 2.83. The third kappa shape index (κ3) is 3.65. The van der Waals surface area contributed by atoms with E-state index in [1.807, 2.05) is 0 Å². The molecule has 0 radical (unpaired) electrons. The largest absolute Gasteiger partial charge is 0.505 e. The maximum Gasteiger partial charge on any atom is 0.200 e. The van der Waals surface area contributed by atoms with Crippen molar-refractivity contribution in [3.63, 3.8) is 0 Å². The highest BCUT2D eigenvalue weighted by atomic mass is 19.2. The Morgan fingerprint density at radius 2 is 1.54 bits per heavy atom. The zero-order valence-corrected chi connectivity index (χ0v) is 14.3. The Bertz CT molecular complexity index is 575. The van der Waals surface area contributed by atoms with Gasteiger partial charge in [-0.15, -0.1) is 6.58 Å². The third-order valence-corrected chi connectivity index (χ3v) is 6.36. The monoisotopic (exact) mass is 334 g/mol. The fourth-order valence-corrected chi connectivity index (χ4v) is 4.84. The quantitative estimate of drug-likeness (QED) is 0.506. The Morgan fingerprint density at radius 3 is 2.25 bits per heavy atom. The van der Waals surface area contributed by atoms with Crippen molar-refractivity contribution in [2.75, 3.05) is 0 Å². The first kappa shape index (κ1) is 17.4. The normalized spacial score (nSPS) is 31.4.